The van der Waals surface area contributed by atoms with E-state index in [2.05, 4.69) is 15.2 Å². The Morgan fingerprint density at radius 3 is 2.55 bits per heavy atom. The molecule has 2 aromatic heterocycles. The fourth-order valence-corrected chi connectivity index (χ4v) is 4.16. The molecule has 0 spiro atoms. The SMILES string of the molecule is Cc1nc(-[n+]2nc(-c3ccc(S(=O)(=O)[O-])cc3)nn2-c2cccc(OCC(=O)O)c2)sc1C. The molecule has 1 N–H and O–H groups in total. The highest BCUT2D eigenvalue weighted by Gasteiger charge is 2.25. The van der Waals surface area contributed by atoms with Crippen molar-refractivity contribution in [2.24, 2.45) is 0 Å². The van der Waals surface area contributed by atoms with E-state index < -0.39 is 22.7 Å². The van der Waals surface area contributed by atoms with Gasteiger partial charge >= 0.3 is 11.1 Å². The number of carbonyl (C=O) groups is 1. The van der Waals surface area contributed by atoms with E-state index in [-0.39, 0.29) is 10.7 Å². The number of carboxylic acid groups (broad SMARTS) is 1. The Kier molecular flexibility index (Phi) is 5.93. The summed E-state index contributed by atoms with van der Waals surface area (Å²) in [5.41, 5.74) is 1.85. The molecule has 0 radical (unpaired) electrons. The van der Waals surface area contributed by atoms with Crippen LogP contribution in [0.4, 0.5) is 0 Å². The third kappa shape index (κ3) is 4.89. The molecule has 0 bridgehead atoms. The smallest absolute Gasteiger partial charge is 0.364 e. The van der Waals surface area contributed by atoms with Crippen LogP contribution in [0.2, 0.25) is 0 Å². The molecule has 0 atom stereocenters. The normalized spacial score (nSPS) is 11.5. The lowest BCUT2D eigenvalue weighted by Crippen LogP contribution is -2.43. The average Bonchev–Trinajstić information content (AvgIpc) is 3.36. The van der Waals surface area contributed by atoms with Gasteiger partial charge in [0.05, 0.1) is 4.90 Å². The average molecular weight is 488 g/mol. The van der Waals surface area contributed by atoms with Crippen LogP contribution in [0.15, 0.2) is 53.4 Å². The maximum atomic E-state index is 11.2. The minimum atomic E-state index is -4.57. The van der Waals surface area contributed by atoms with Gasteiger partial charge in [-0.15, -0.1) is 0 Å². The molecule has 0 fully saturated rings. The lowest BCUT2D eigenvalue weighted by atomic mass is 10.2. The Balaban J connectivity index is 1.81. The third-order valence-corrected chi connectivity index (χ3v) is 6.45. The molecule has 13 heteroatoms. The van der Waals surface area contributed by atoms with Crippen LogP contribution in [-0.2, 0) is 14.9 Å². The summed E-state index contributed by atoms with van der Waals surface area (Å²) in [6.45, 7) is 3.31. The van der Waals surface area contributed by atoms with Crippen LogP contribution >= 0.6 is 11.3 Å². The topological polar surface area (TPSA) is 151 Å². The summed E-state index contributed by atoms with van der Waals surface area (Å²) in [6, 6.07) is 11.9. The summed E-state index contributed by atoms with van der Waals surface area (Å²) in [6.07, 6.45) is 0. The van der Waals surface area contributed by atoms with Gasteiger partial charge < -0.3 is 14.4 Å². The zero-order valence-electron chi connectivity index (χ0n) is 17.4. The Hall–Kier alpha value is -3.68. The summed E-state index contributed by atoms with van der Waals surface area (Å²) in [5.74, 6) is -0.516. The Bertz CT molecular complexity index is 1420. The number of aliphatic carboxylic acids is 1. The molecule has 0 aliphatic carbocycles. The quantitative estimate of drug-likeness (QED) is 0.303. The van der Waals surface area contributed by atoms with E-state index in [0.29, 0.717) is 22.1 Å². The van der Waals surface area contributed by atoms with Crippen LogP contribution in [0.5, 0.6) is 5.75 Å². The van der Waals surface area contributed by atoms with Crippen molar-refractivity contribution in [1.29, 1.82) is 0 Å². The number of hydrogen-bond acceptors (Lipinski definition) is 9. The number of rotatable bonds is 7. The fourth-order valence-electron chi connectivity index (χ4n) is 2.85. The lowest BCUT2D eigenvalue weighted by molar-refractivity contribution is -0.734. The van der Waals surface area contributed by atoms with Gasteiger partial charge in [-0.25, -0.2) is 13.2 Å². The van der Waals surface area contributed by atoms with E-state index in [9.17, 15) is 17.8 Å². The minimum Gasteiger partial charge on any atom is -0.744 e. The summed E-state index contributed by atoms with van der Waals surface area (Å²) in [5, 5.41) is 18.5. The molecule has 170 valence electrons. The molecule has 2 heterocycles. The summed E-state index contributed by atoms with van der Waals surface area (Å²) < 4.78 is 38.9. The molecule has 33 heavy (non-hydrogen) atoms. The number of carboxylic acids is 1. The largest absolute Gasteiger partial charge is 0.744 e. The van der Waals surface area contributed by atoms with Gasteiger partial charge in [-0.1, -0.05) is 22.4 Å². The maximum Gasteiger partial charge on any atom is 0.364 e. The maximum absolute atomic E-state index is 11.2. The van der Waals surface area contributed by atoms with Crippen molar-refractivity contribution in [3.8, 4) is 28.0 Å². The van der Waals surface area contributed by atoms with Crippen molar-refractivity contribution in [1.82, 2.24) is 20.0 Å². The van der Waals surface area contributed by atoms with Gasteiger partial charge in [0.15, 0.2) is 6.61 Å². The molecule has 4 rings (SSSR count). The molecule has 11 nitrogen and oxygen atoms in total. The van der Waals surface area contributed by atoms with E-state index >= 15 is 0 Å². The first-order chi connectivity index (χ1) is 15.6. The second-order valence-corrected chi connectivity index (χ2v) is 9.46. The van der Waals surface area contributed by atoms with Crippen molar-refractivity contribution in [2.75, 3.05) is 6.61 Å². The molecular formula is C20H17N5O6S2. The van der Waals surface area contributed by atoms with Crippen LogP contribution in [0.3, 0.4) is 0 Å². The van der Waals surface area contributed by atoms with Crippen molar-refractivity contribution >= 4 is 27.4 Å². The molecule has 2 aromatic carbocycles. The Labute approximate surface area is 192 Å². The molecule has 0 aliphatic rings. The van der Waals surface area contributed by atoms with Crippen molar-refractivity contribution < 1.29 is 32.4 Å². The summed E-state index contributed by atoms with van der Waals surface area (Å²) in [7, 11) is -4.57. The fraction of sp³-hybridized carbons (Fsp3) is 0.150. The van der Waals surface area contributed by atoms with E-state index in [1.165, 1.54) is 45.2 Å². The number of tetrazole rings is 1. The van der Waals surface area contributed by atoms with E-state index in [1.54, 1.807) is 24.3 Å². The summed E-state index contributed by atoms with van der Waals surface area (Å²) in [4.78, 5) is 19.0. The highest BCUT2D eigenvalue weighted by Crippen LogP contribution is 2.22. The second kappa shape index (κ2) is 8.69. The van der Waals surface area contributed by atoms with Crippen molar-refractivity contribution in [2.45, 2.75) is 18.7 Å². The highest BCUT2D eigenvalue weighted by atomic mass is 32.2. The van der Waals surface area contributed by atoms with Gasteiger partial charge in [0.1, 0.15) is 27.2 Å². The molecular weight excluding hydrogens is 470 g/mol. The Morgan fingerprint density at radius 2 is 1.94 bits per heavy atom. The molecule has 0 amide bonds. The van der Waals surface area contributed by atoms with E-state index in [4.69, 9.17) is 9.84 Å². The second-order valence-electron chi connectivity index (χ2n) is 6.90. The monoisotopic (exact) mass is 487 g/mol. The van der Waals surface area contributed by atoms with Crippen LogP contribution < -0.4 is 9.53 Å². The van der Waals surface area contributed by atoms with Gasteiger partial charge in [-0.3, -0.25) is 0 Å². The number of thiazole rings is 1. The first-order valence-corrected chi connectivity index (χ1v) is 11.7. The van der Waals surface area contributed by atoms with Crippen LogP contribution in [0.1, 0.15) is 10.6 Å². The lowest BCUT2D eigenvalue weighted by Gasteiger charge is -2.05. The molecule has 0 unspecified atom stereocenters. The van der Waals surface area contributed by atoms with E-state index in [1.807, 2.05) is 13.8 Å². The standard InChI is InChI=1S/C20H17N5O6S2/c1-12-13(2)32-20(21-12)25-23-19(14-6-8-17(9-7-14)33(28,29)30)22-24(25)15-4-3-5-16(10-15)31-11-18(26)27/h3-10H,11H2,1-2H3,(H-,26,27,28,29,30). The predicted octanol–water partition coefficient (Wildman–Crippen LogP) is 1.65. The molecule has 4 aromatic rings. The first kappa shape index (κ1) is 22.5. The number of benzene rings is 2. The number of ether oxygens (including phenoxy) is 1. The van der Waals surface area contributed by atoms with Crippen molar-refractivity contribution in [3.05, 3.63) is 59.1 Å². The van der Waals surface area contributed by atoms with Gasteiger partial charge in [0.25, 0.3) is 5.82 Å². The van der Waals surface area contributed by atoms with Crippen LogP contribution in [0.25, 0.3) is 22.2 Å². The van der Waals surface area contributed by atoms with Crippen molar-refractivity contribution in [3.63, 3.8) is 0 Å². The van der Waals surface area contributed by atoms with Crippen LogP contribution in [-0.4, -0.2) is 50.6 Å². The molecule has 0 saturated heterocycles. The highest BCUT2D eigenvalue weighted by molar-refractivity contribution is 7.85. The third-order valence-electron chi connectivity index (χ3n) is 4.56. The van der Waals surface area contributed by atoms with Gasteiger partial charge in [-0.05, 0) is 64.9 Å². The molecule has 0 saturated carbocycles. The van der Waals surface area contributed by atoms with E-state index in [0.717, 1.165) is 10.6 Å². The van der Waals surface area contributed by atoms with Crippen LogP contribution in [0, 0.1) is 13.8 Å². The number of nitrogens with zero attached hydrogens (tertiary/aromatic N) is 5. The Morgan fingerprint density at radius 1 is 1.21 bits per heavy atom. The molecule has 0 aliphatic heterocycles. The zero-order chi connectivity index (χ0) is 23.8. The van der Waals surface area contributed by atoms with Gasteiger partial charge in [0.2, 0.25) is 0 Å². The zero-order valence-corrected chi connectivity index (χ0v) is 19.0. The number of hydrogen-bond donors (Lipinski definition) is 1. The number of aromatic nitrogens is 5. The first-order valence-electron chi connectivity index (χ1n) is 9.47. The van der Waals surface area contributed by atoms with Gasteiger partial charge in [0, 0.05) is 21.6 Å². The van der Waals surface area contributed by atoms with Gasteiger partial charge in [-0.2, -0.15) is 0 Å². The number of aryl methyl sites for hydroxylation is 2. The minimum absolute atomic E-state index is 0.257. The predicted molar refractivity (Wildman–Crippen MR) is 115 cm³/mol. The summed E-state index contributed by atoms with van der Waals surface area (Å²) >= 11 is 1.41.